The maximum atomic E-state index is 12.6. The standard InChI is InChI=1S/C19H26N4O3/c1-5-23-12-17(13(2)21-23)20-19(24)22-9-8-14(11-22)16-10-15(25-3)6-7-18(16)26-4/h6-7,10,12,14H,5,8-9,11H2,1-4H3,(H,20,24)/t14-/m0/s1. The molecule has 2 amide bonds. The maximum Gasteiger partial charge on any atom is 0.321 e. The van der Waals surface area contributed by atoms with E-state index in [9.17, 15) is 4.79 Å². The van der Waals surface area contributed by atoms with Crippen molar-refractivity contribution in [2.45, 2.75) is 32.7 Å². The first kappa shape index (κ1) is 18.1. The predicted molar refractivity (Wildman–Crippen MR) is 100 cm³/mol. The van der Waals surface area contributed by atoms with Crippen LogP contribution in [0.4, 0.5) is 10.5 Å². The van der Waals surface area contributed by atoms with Crippen molar-refractivity contribution < 1.29 is 14.3 Å². The summed E-state index contributed by atoms with van der Waals surface area (Å²) in [6, 6.07) is 5.71. The van der Waals surface area contributed by atoms with Gasteiger partial charge in [-0.05, 0) is 38.5 Å². The van der Waals surface area contributed by atoms with Gasteiger partial charge < -0.3 is 19.7 Å². The Hall–Kier alpha value is -2.70. The first-order chi connectivity index (χ1) is 12.5. The molecule has 1 atom stereocenters. The molecule has 7 nitrogen and oxygen atoms in total. The van der Waals surface area contributed by atoms with Crippen LogP contribution in [-0.4, -0.2) is 48.0 Å². The summed E-state index contributed by atoms with van der Waals surface area (Å²) < 4.78 is 12.6. The Morgan fingerprint density at radius 1 is 1.35 bits per heavy atom. The number of hydrogen-bond donors (Lipinski definition) is 1. The minimum absolute atomic E-state index is 0.0897. The Balaban J connectivity index is 1.70. The average Bonchev–Trinajstić information content (AvgIpc) is 3.28. The van der Waals surface area contributed by atoms with Gasteiger partial charge in [0, 0.05) is 37.3 Å². The number of rotatable bonds is 5. The van der Waals surface area contributed by atoms with E-state index >= 15 is 0 Å². The van der Waals surface area contributed by atoms with E-state index < -0.39 is 0 Å². The van der Waals surface area contributed by atoms with Crippen molar-refractivity contribution in [3.63, 3.8) is 0 Å². The molecule has 1 aromatic heterocycles. The summed E-state index contributed by atoms with van der Waals surface area (Å²) in [6.45, 7) is 6.05. The smallest absolute Gasteiger partial charge is 0.321 e. The van der Waals surface area contributed by atoms with Gasteiger partial charge in [0.25, 0.3) is 0 Å². The third kappa shape index (κ3) is 3.61. The number of aromatic nitrogens is 2. The van der Waals surface area contributed by atoms with E-state index in [-0.39, 0.29) is 11.9 Å². The van der Waals surface area contributed by atoms with E-state index in [0.717, 1.165) is 41.4 Å². The molecule has 1 saturated heterocycles. The summed E-state index contributed by atoms with van der Waals surface area (Å²) >= 11 is 0. The number of aryl methyl sites for hydroxylation is 2. The van der Waals surface area contributed by atoms with Crippen LogP contribution in [0.15, 0.2) is 24.4 Å². The molecular formula is C19H26N4O3. The average molecular weight is 358 g/mol. The first-order valence-electron chi connectivity index (χ1n) is 8.87. The van der Waals surface area contributed by atoms with Crippen molar-refractivity contribution in [2.24, 2.45) is 0 Å². The Morgan fingerprint density at radius 2 is 2.15 bits per heavy atom. The summed E-state index contributed by atoms with van der Waals surface area (Å²) in [4.78, 5) is 14.5. The summed E-state index contributed by atoms with van der Waals surface area (Å²) in [5.74, 6) is 1.86. The molecule has 1 N–H and O–H groups in total. The third-order valence-corrected chi connectivity index (χ3v) is 4.86. The van der Waals surface area contributed by atoms with Crippen LogP contribution in [0.2, 0.25) is 0 Å². The maximum absolute atomic E-state index is 12.6. The highest BCUT2D eigenvalue weighted by atomic mass is 16.5. The number of ether oxygens (including phenoxy) is 2. The van der Waals surface area contributed by atoms with Crippen LogP contribution in [0.5, 0.6) is 11.5 Å². The van der Waals surface area contributed by atoms with Crippen LogP contribution in [0, 0.1) is 6.92 Å². The third-order valence-electron chi connectivity index (χ3n) is 4.86. The number of anilines is 1. The number of benzene rings is 1. The number of carbonyl (C=O) groups is 1. The fourth-order valence-electron chi connectivity index (χ4n) is 3.35. The molecule has 1 fully saturated rings. The van der Waals surface area contributed by atoms with Crippen molar-refractivity contribution in [3.8, 4) is 11.5 Å². The summed E-state index contributed by atoms with van der Waals surface area (Å²) in [5.41, 5.74) is 2.67. The van der Waals surface area contributed by atoms with Gasteiger partial charge in [-0.2, -0.15) is 5.10 Å². The van der Waals surface area contributed by atoms with Crippen LogP contribution in [0.3, 0.4) is 0 Å². The molecular weight excluding hydrogens is 332 g/mol. The molecule has 1 aromatic carbocycles. The molecule has 0 radical (unpaired) electrons. The highest BCUT2D eigenvalue weighted by Crippen LogP contribution is 2.36. The number of nitrogens with one attached hydrogen (secondary N) is 1. The fraction of sp³-hybridized carbons (Fsp3) is 0.474. The second-order valence-electron chi connectivity index (χ2n) is 6.45. The van der Waals surface area contributed by atoms with Gasteiger partial charge in [-0.15, -0.1) is 0 Å². The zero-order chi connectivity index (χ0) is 18.7. The molecule has 0 unspecified atom stereocenters. The number of urea groups is 1. The zero-order valence-electron chi connectivity index (χ0n) is 15.8. The van der Waals surface area contributed by atoms with E-state index in [1.807, 2.05) is 47.8 Å². The van der Waals surface area contributed by atoms with Crippen molar-refractivity contribution in [3.05, 3.63) is 35.7 Å². The molecule has 2 aromatic rings. The number of methoxy groups -OCH3 is 2. The fourth-order valence-corrected chi connectivity index (χ4v) is 3.35. The second kappa shape index (κ2) is 7.68. The summed E-state index contributed by atoms with van der Waals surface area (Å²) in [5, 5.41) is 7.34. The van der Waals surface area contributed by atoms with Gasteiger partial charge >= 0.3 is 6.03 Å². The van der Waals surface area contributed by atoms with E-state index in [1.54, 1.807) is 14.2 Å². The van der Waals surface area contributed by atoms with Gasteiger partial charge in [-0.1, -0.05) is 0 Å². The molecule has 0 bridgehead atoms. The van der Waals surface area contributed by atoms with Gasteiger partial charge in [0.1, 0.15) is 11.5 Å². The van der Waals surface area contributed by atoms with E-state index in [0.29, 0.717) is 13.1 Å². The van der Waals surface area contributed by atoms with Crippen LogP contribution in [0.1, 0.15) is 30.5 Å². The lowest BCUT2D eigenvalue weighted by Crippen LogP contribution is -2.32. The Bertz CT molecular complexity index is 787. The van der Waals surface area contributed by atoms with Crippen LogP contribution >= 0.6 is 0 Å². The molecule has 0 spiro atoms. The normalized spacial score (nSPS) is 16.6. The second-order valence-corrected chi connectivity index (χ2v) is 6.45. The first-order valence-corrected chi connectivity index (χ1v) is 8.87. The van der Waals surface area contributed by atoms with Gasteiger partial charge in [-0.25, -0.2) is 4.79 Å². The highest BCUT2D eigenvalue weighted by Gasteiger charge is 2.30. The van der Waals surface area contributed by atoms with Crippen LogP contribution in [-0.2, 0) is 6.54 Å². The number of carbonyl (C=O) groups excluding carboxylic acids is 1. The predicted octanol–water partition coefficient (Wildman–Crippen LogP) is 3.25. The van der Waals surface area contributed by atoms with Gasteiger partial charge in [0.15, 0.2) is 0 Å². The number of amides is 2. The quantitative estimate of drug-likeness (QED) is 0.891. The molecule has 2 heterocycles. The highest BCUT2D eigenvalue weighted by molar-refractivity contribution is 5.90. The lowest BCUT2D eigenvalue weighted by Gasteiger charge is -2.19. The minimum Gasteiger partial charge on any atom is -0.497 e. The summed E-state index contributed by atoms with van der Waals surface area (Å²) in [7, 11) is 3.32. The van der Waals surface area contributed by atoms with Crippen molar-refractivity contribution in [1.29, 1.82) is 0 Å². The van der Waals surface area contributed by atoms with Gasteiger partial charge in [0.05, 0.1) is 25.6 Å². The van der Waals surface area contributed by atoms with E-state index in [4.69, 9.17) is 9.47 Å². The largest absolute Gasteiger partial charge is 0.497 e. The molecule has 1 aliphatic heterocycles. The Kier molecular flexibility index (Phi) is 5.35. The van der Waals surface area contributed by atoms with Gasteiger partial charge in [0.2, 0.25) is 0 Å². The van der Waals surface area contributed by atoms with E-state index in [1.165, 1.54) is 0 Å². The summed E-state index contributed by atoms with van der Waals surface area (Å²) in [6.07, 6.45) is 2.76. The van der Waals surface area contributed by atoms with Crippen LogP contribution in [0.25, 0.3) is 0 Å². The number of hydrogen-bond acceptors (Lipinski definition) is 4. The molecule has 7 heteroatoms. The topological polar surface area (TPSA) is 68.6 Å². The Morgan fingerprint density at radius 3 is 2.81 bits per heavy atom. The van der Waals surface area contributed by atoms with Crippen molar-refractivity contribution in [2.75, 3.05) is 32.6 Å². The Labute approximate surface area is 153 Å². The zero-order valence-corrected chi connectivity index (χ0v) is 15.8. The molecule has 0 saturated carbocycles. The minimum atomic E-state index is -0.0897. The molecule has 140 valence electrons. The SMILES string of the molecule is CCn1cc(NC(=O)N2CC[C@H](c3cc(OC)ccc3OC)C2)c(C)n1. The van der Waals surface area contributed by atoms with Crippen LogP contribution < -0.4 is 14.8 Å². The van der Waals surface area contributed by atoms with Crippen molar-refractivity contribution >= 4 is 11.7 Å². The number of likely N-dealkylation sites (tertiary alicyclic amines) is 1. The van der Waals surface area contributed by atoms with Crippen molar-refractivity contribution in [1.82, 2.24) is 14.7 Å². The number of nitrogens with zero attached hydrogens (tertiary/aromatic N) is 3. The monoisotopic (exact) mass is 358 g/mol. The molecule has 3 rings (SSSR count). The lowest BCUT2D eigenvalue weighted by atomic mass is 9.97. The lowest BCUT2D eigenvalue weighted by molar-refractivity contribution is 0.222. The molecule has 0 aliphatic carbocycles. The van der Waals surface area contributed by atoms with E-state index in [2.05, 4.69) is 10.4 Å². The molecule has 26 heavy (non-hydrogen) atoms. The van der Waals surface area contributed by atoms with Gasteiger partial charge in [-0.3, -0.25) is 4.68 Å². The molecule has 1 aliphatic rings.